The number of benzene rings is 9. The molecule has 0 atom stereocenters. The maximum Gasteiger partial charge on any atom is 0.0465 e. The summed E-state index contributed by atoms with van der Waals surface area (Å²) in [7, 11) is 0. The van der Waals surface area contributed by atoms with Crippen LogP contribution in [-0.2, 0) is 5.41 Å². The van der Waals surface area contributed by atoms with E-state index in [0.29, 0.717) is 0 Å². The first-order chi connectivity index (χ1) is 28.5. The molecule has 0 heterocycles. The van der Waals surface area contributed by atoms with E-state index in [0.717, 1.165) is 17.1 Å². The molecule has 0 aliphatic heterocycles. The van der Waals surface area contributed by atoms with Gasteiger partial charge in [-0.1, -0.05) is 184 Å². The number of nitrogens with zero attached hydrogens (tertiary/aromatic N) is 1. The number of para-hydroxylation sites is 2. The van der Waals surface area contributed by atoms with Crippen LogP contribution in [0, 0.1) is 0 Å². The molecular formula is C57H41N. The number of rotatable bonds is 7. The molecule has 0 spiro atoms. The van der Waals surface area contributed by atoms with Gasteiger partial charge in [0.2, 0.25) is 0 Å². The summed E-state index contributed by atoms with van der Waals surface area (Å²) in [5, 5.41) is 2.62. The number of hydrogen-bond acceptors (Lipinski definition) is 1. The second-order valence-electron chi connectivity index (χ2n) is 16.1. The summed E-state index contributed by atoms with van der Waals surface area (Å²) < 4.78 is 0. The third-order valence-electron chi connectivity index (χ3n) is 12.4. The Kier molecular flexibility index (Phi) is 7.91. The van der Waals surface area contributed by atoms with Gasteiger partial charge in [-0.05, 0) is 131 Å². The molecule has 0 saturated heterocycles. The van der Waals surface area contributed by atoms with Crippen molar-refractivity contribution in [3.8, 4) is 55.6 Å². The minimum absolute atomic E-state index is 0.183. The average molecular weight is 740 g/mol. The largest absolute Gasteiger partial charge is 0.310 e. The van der Waals surface area contributed by atoms with E-state index in [1.807, 2.05) is 0 Å². The molecule has 1 nitrogen and oxygen atoms in total. The van der Waals surface area contributed by atoms with Crippen LogP contribution >= 0.6 is 0 Å². The van der Waals surface area contributed by atoms with Crippen molar-refractivity contribution in [2.24, 2.45) is 0 Å². The minimum Gasteiger partial charge on any atom is -0.310 e. The molecule has 9 aromatic rings. The molecule has 9 aromatic carbocycles. The van der Waals surface area contributed by atoms with Crippen molar-refractivity contribution < 1.29 is 0 Å². The molecule has 0 fully saturated rings. The van der Waals surface area contributed by atoms with Gasteiger partial charge < -0.3 is 4.90 Å². The summed E-state index contributed by atoms with van der Waals surface area (Å²) in [6, 6.07) is 73.2. The van der Waals surface area contributed by atoms with Crippen LogP contribution in [0.15, 0.2) is 200 Å². The predicted octanol–water partition coefficient (Wildman–Crippen LogP) is 15.8. The summed E-state index contributed by atoms with van der Waals surface area (Å²) >= 11 is 0. The van der Waals surface area contributed by atoms with Crippen LogP contribution in [-0.4, -0.2) is 0 Å². The standard InChI is InChI=1S/C57H41N/c1-57(2)51-35-38(30-33-46(51)47-34-32-45(37-52(47)57)58(43-23-11-5-12-24-43)44-25-13-6-14-26-44)29-31-42-36-50(39-17-7-3-8-18-39)55-48-27-15-21-41-22-16-28-49(54(41)48)56(55)53(42)40-19-9-4-10-20-40/h3-37H,1-2H3/b31-29+. The van der Waals surface area contributed by atoms with Crippen LogP contribution in [0.4, 0.5) is 17.1 Å². The third-order valence-corrected chi connectivity index (χ3v) is 12.4. The molecule has 0 N–H and O–H groups in total. The number of fused-ring (bicyclic) bond motifs is 6. The van der Waals surface area contributed by atoms with Crippen LogP contribution in [0.1, 0.15) is 36.1 Å². The highest BCUT2D eigenvalue weighted by atomic mass is 15.1. The highest BCUT2D eigenvalue weighted by molar-refractivity contribution is 6.22. The molecule has 0 amide bonds. The van der Waals surface area contributed by atoms with Crippen molar-refractivity contribution in [1.29, 1.82) is 0 Å². The molecule has 274 valence electrons. The Morgan fingerprint density at radius 1 is 0.379 bits per heavy atom. The maximum absolute atomic E-state index is 2.43. The van der Waals surface area contributed by atoms with Gasteiger partial charge in [-0.15, -0.1) is 0 Å². The van der Waals surface area contributed by atoms with E-state index in [9.17, 15) is 0 Å². The van der Waals surface area contributed by atoms with Gasteiger partial charge in [0.15, 0.2) is 0 Å². The first-order valence-corrected chi connectivity index (χ1v) is 20.3. The minimum atomic E-state index is -0.183. The Balaban J connectivity index is 1.04. The second kappa shape index (κ2) is 13.5. The van der Waals surface area contributed by atoms with Gasteiger partial charge in [-0.3, -0.25) is 0 Å². The average Bonchev–Trinajstić information content (AvgIpc) is 3.73. The van der Waals surface area contributed by atoms with Gasteiger partial charge in [0, 0.05) is 22.5 Å². The Morgan fingerprint density at radius 3 is 1.57 bits per heavy atom. The SMILES string of the molecule is CC1(C)c2cc(/C=C/c3cc(-c4ccccc4)c4c(c3-c3ccccc3)-c3cccc5cccc-4c35)ccc2-c2ccc(N(c3ccccc3)c3ccccc3)cc21. The van der Waals surface area contributed by atoms with E-state index in [1.165, 1.54) is 88.7 Å². The van der Waals surface area contributed by atoms with Crippen LogP contribution < -0.4 is 4.90 Å². The molecule has 0 bridgehead atoms. The fourth-order valence-corrected chi connectivity index (χ4v) is 9.68. The van der Waals surface area contributed by atoms with E-state index >= 15 is 0 Å². The first kappa shape index (κ1) is 34.1. The van der Waals surface area contributed by atoms with Crippen molar-refractivity contribution in [3.63, 3.8) is 0 Å². The summed E-state index contributed by atoms with van der Waals surface area (Å²) in [5.41, 5.74) is 21.3. The van der Waals surface area contributed by atoms with E-state index in [4.69, 9.17) is 0 Å². The van der Waals surface area contributed by atoms with E-state index in [-0.39, 0.29) is 5.41 Å². The lowest BCUT2D eigenvalue weighted by Gasteiger charge is -2.28. The van der Waals surface area contributed by atoms with Gasteiger partial charge in [-0.25, -0.2) is 0 Å². The Labute approximate surface area is 340 Å². The fraction of sp³-hybridized carbons (Fsp3) is 0.0526. The Morgan fingerprint density at radius 2 is 0.931 bits per heavy atom. The monoisotopic (exact) mass is 739 g/mol. The van der Waals surface area contributed by atoms with Crippen LogP contribution in [0.2, 0.25) is 0 Å². The fourth-order valence-electron chi connectivity index (χ4n) is 9.68. The molecule has 58 heavy (non-hydrogen) atoms. The summed E-state index contributed by atoms with van der Waals surface area (Å²) in [5.74, 6) is 0. The molecule has 2 aliphatic rings. The first-order valence-electron chi connectivity index (χ1n) is 20.3. The van der Waals surface area contributed by atoms with Gasteiger partial charge in [-0.2, -0.15) is 0 Å². The summed E-state index contributed by atoms with van der Waals surface area (Å²) in [6.07, 6.45) is 4.67. The molecule has 0 aromatic heterocycles. The van der Waals surface area contributed by atoms with E-state index in [2.05, 4.69) is 231 Å². The zero-order valence-electron chi connectivity index (χ0n) is 32.7. The Bertz CT molecular complexity index is 3000. The molecular weight excluding hydrogens is 699 g/mol. The quantitative estimate of drug-likeness (QED) is 0.147. The normalized spacial score (nSPS) is 13.1. The van der Waals surface area contributed by atoms with Crippen LogP contribution in [0.5, 0.6) is 0 Å². The predicted molar refractivity (Wildman–Crippen MR) is 247 cm³/mol. The third kappa shape index (κ3) is 5.39. The van der Waals surface area contributed by atoms with Gasteiger partial charge in [0.1, 0.15) is 0 Å². The number of hydrogen-bond donors (Lipinski definition) is 0. The van der Waals surface area contributed by atoms with Crippen LogP contribution in [0.25, 0.3) is 78.6 Å². The van der Waals surface area contributed by atoms with Crippen LogP contribution in [0.3, 0.4) is 0 Å². The van der Waals surface area contributed by atoms with Gasteiger partial charge >= 0.3 is 0 Å². The van der Waals surface area contributed by atoms with Crippen molar-refractivity contribution in [3.05, 3.63) is 222 Å². The maximum atomic E-state index is 2.43. The highest BCUT2D eigenvalue weighted by Crippen LogP contribution is 2.56. The second-order valence-corrected chi connectivity index (χ2v) is 16.1. The Hall–Kier alpha value is -7.22. The van der Waals surface area contributed by atoms with Crippen molar-refractivity contribution in [2.45, 2.75) is 19.3 Å². The molecule has 0 radical (unpaired) electrons. The van der Waals surface area contributed by atoms with Crippen molar-refractivity contribution in [2.75, 3.05) is 4.90 Å². The topological polar surface area (TPSA) is 3.24 Å². The molecule has 0 unspecified atom stereocenters. The lowest BCUT2D eigenvalue weighted by atomic mass is 9.81. The lowest BCUT2D eigenvalue weighted by Crippen LogP contribution is -2.16. The lowest BCUT2D eigenvalue weighted by molar-refractivity contribution is 0.660. The smallest absolute Gasteiger partial charge is 0.0465 e. The molecule has 1 heteroatoms. The highest BCUT2D eigenvalue weighted by Gasteiger charge is 2.36. The summed E-state index contributed by atoms with van der Waals surface area (Å²) in [6.45, 7) is 4.76. The summed E-state index contributed by atoms with van der Waals surface area (Å²) in [4.78, 5) is 2.36. The molecule has 0 saturated carbocycles. The number of anilines is 3. The zero-order valence-corrected chi connectivity index (χ0v) is 32.7. The molecule has 11 rings (SSSR count). The van der Waals surface area contributed by atoms with Gasteiger partial charge in [0.05, 0.1) is 0 Å². The van der Waals surface area contributed by atoms with E-state index < -0.39 is 0 Å². The molecule has 2 aliphatic carbocycles. The zero-order chi connectivity index (χ0) is 38.8. The van der Waals surface area contributed by atoms with E-state index in [1.54, 1.807) is 0 Å². The van der Waals surface area contributed by atoms with Crippen molar-refractivity contribution in [1.82, 2.24) is 0 Å². The van der Waals surface area contributed by atoms with Gasteiger partial charge in [0.25, 0.3) is 0 Å². The van der Waals surface area contributed by atoms with Crippen molar-refractivity contribution >= 4 is 40.0 Å².